The first-order valence-electron chi connectivity index (χ1n) is 5.01. The number of methoxy groups -OCH3 is 1. The molecule has 0 aliphatic rings. The summed E-state index contributed by atoms with van der Waals surface area (Å²) in [5.41, 5.74) is 5.94. The first kappa shape index (κ1) is 14.3. The minimum absolute atomic E-state index is 0.133. The zero-order valence-corrected chi connectivity index (χ0v) is 10.9. The molecule has 0 aliphatic heterocycles. The number of ether oxygens (including phenoxy) is 1. The number of nitrogens with one attached hydrogen (secondary N) is 2. The molecule has 0 unspecified atom stereocenters. The molecule has 0 atom stereocenters. The van der Waals surface area contributed by atoms with E-state index in [2.05, 4.69) is 10.0 Å². The largest absolute Gasteiger partial charge is 0.494 e. The first-order valence-corrected chi connectivity index (χ1v) is 6.90. The zero-order chi connectivity index (χ0) is 13.8. The predicted molar refractivity (Wildman–Crippen MR) is 69.1 cm³/mol. The van der Waals surface area contributed by atoms with Crippen LogP contribution in [0.5, 0.6) is 5.75 Å². The molecule has 1 rings (SSSR count). The van der Waals surface area contributed by atoms with Crippen molar-refractivity contribution >= 4 is 27.3 Å². The third-order valence-corrected chi connectivity index (χ3v) is 2.56. The second-order valence-electron chi connectivity index (χ2n) is 3.54. The van der Waals surface area contributed by atoms with E-state index in [0.717, 1.165) is 6.26 Å². The van der Waals surface area contributed by atoms with Crippen LogP contribution in [0.3, 0.4) is 0 Å². The Kier molecular flexibility index (Phi) is 4.51. The number of anilines is 2. The molecule has 4 N–H and O–H groups in total. The van der Waals surface area contributed by atoms with E-state index in [-0.39, 0.29) is 12.5 Å². The zero-order valence-electron chi connectivity index (χ0n) is 10.1. The fraction of sp³-hybridized carbons (Fsp3) is 0.300. The number of amides is 1. The summed E-state index contributed by atoms with van der Waals surface area (Å²) in [6.45, 7) is -0.133. The molecule has 0 radical (unpaired) electrons. The second kappa shape index (κ2) is 5.69. The van der Waals surface area contributed by atoms with Crippen LogP contribution in [0.1, 0.15) is 0 Å². The lowest BCUT2D eigenvalue weighted by molar-refractivity contribution is -0.114. The Morgan fingerprint density at radius 1 is 1.44 bits per heavy atom. The smallest absolute Gasteiger partial charge is 0.238 e. The number of carbonyl (C=O) groups excluding carboxylic acids is 1. The van der Waals surface area contributed by atoms with Crippen LogP contribution >= 0.6 is 0 Å². The molecule has 8 heteroatoms. The predicted octanol–water partition coefficient (Wildman–Crippen LogP) is -0.0361. The Bertz CT molecular complexity index is 542. The van der Waals surface area contributed by atoms with Gasteiger partial charge in [0, 0.05) is 11.8 Å². The Morgan fingerprint density at radius 2 is 2.11 bits per heavy atom. The normalized spacial score (nSPS) is 10.8. The summed E-state index contributed by atoms with van der Waals surface area (Å²) in [7, 11) is -1.99. The van der Waals surface area contributed by atoms with Crippen molar-refractivity contribution in [2.75, 3.05) is 29.9 Å². The van der Waals surface area contributed by atoms with Gasteiger partial charge in [-0.2, -0.15) is 0 Å². The number of sulfonamides is 1. The number of hydrogen-bond donors (Lipinski definition) is 3. The quantitative estimate of drug-likeness (QED) is 0.697. The lowest BCUT2D eigenvalue weighted by atomic mass is 10.2. The number of hydrogen-bond acceptors (Lipinski definition) is 5. The highest BCUT2D eigenvalue weighted by Gasteiger charge is 2.09. The van der Waals surface area contributed by atoms with Crippen LogP contribution in [0.25, 0.3) is 0 Å². The second-order valence-corrected chi connectivity index (χ2v) is 5.29. The van der Waals surface area contributed by atoms with Crippen molar-refractivity contribution in [2.45, 2.75) is 0 Å². The lowest BCUT2D eigenvalue weighted by Crippen LogP contribution is -2.21. The van der Waals surface area contributed by atoms with Gasteiger partial charge < -0.3 is 15.8 Å². The molecule has 0 aromatic heterocycles. The van der Waals surface area contributed by atoms with Crippen molar-refractivity contribution < 1.29 is 17.9 Å². The van der Waals surface area contributed by atoms with E-state index in [4.69, 9.17) is 10.5 Å². The number of carbonyl (C=O) groups is 1. The molecule has 0 fully saturated rings. The molecule has 0 aliphatic carbocycles. The van der Waals surface area contributed by atoms with Gasteiger partial charge in [0.1, 0.15) is 5.75 Å². The van der Waals surface area contributed by atoms with Gasteiger partial charge in [-0.1, -0.05) is 0 Å². The van der Waals surface area contributed by atoms with Crippen molar-refractivity contribution in [3.05, 3.63) is 18.2 Å². The molecule has 0 saturated heterocycles. The van der Waals surface area contributed by atoms with Crippen LogP contribution in [0.4, 0.5) is 11.4 Å². The van der Waals surface area contributed by atoms with E-state index in [1.165, 1.54) is 19.2 Å². The molecule has 0 saturated carbocycles. The van der Waals surface area contributed by atoms with E-state index in [0.29, 0.717) is 17.1 Å². The average molecular weight is 273 g/mol. The summed E-state index contributed by atoms with van der Waals surface area (Å²) < 4.78 is 29.6. The van der Waals surface area contributed by atoms with Crippen LogP contribution < -0.4 is 20.5 Å². The maximum absolute atomic E-state index is 11.1. The Labute approximate surface area is 105 Å². The van der Waals surface area contributed by atoms with Crippen molar-refractivity contribution in [3.8, 4) is 5.75 Å². The highest BCUT2D eigenvalue weighted by Crippen LogP contribution is 2.28. The highest BCUT2D eigenvalue weighted by molar-refractivity contribution is 7.92. The average Bonchev–Trinajstić information content (AvgIpc) is 2.29. The van der Waals surface area contributed by atoms with Gasteiger partial charge in [-0.05, 0) is 12.1 Å². The highest BCUT2D eigenvalue weighted by atomic mass is 32.2. The maximum Gasteiger partial charge on any atom is 0.238 e. The number of nitrogens with two attached hydrogens (primary N) is 1. The third kappa shape index (κ3) is 4.22. The minimum atomic E-state index is -3.39. The van der Waals surface area contributed by atoms with Gasteiger partial charge in [-0.15, -0.1) is 0 Å². The minimum Gasteiger partial charge on any atom is -0.494 e. The SMILES string of the molecule is COc1cc(NC(=O)CN)ccc1NS(C)(=O)=O. The summed E-state index contributed by atoms with van der Waals surface area (Å²) in [6.07, 6.45) is 1.04. The first-order chi connectivity index (χ1) is 8.35. The molecule has 7 nitrogen and oxygen atoms in total. The van der Waals surface area contributed by atoms with Crippen molar-refractivity contribution in [1.82, 2.24) is 0 Å². The van der Waals surface area contributed by atoms with Gasteiger partial charge in [0.15, 0.2) is 0 Å². The van der Waals surface area contributed by atoms with E-state index in [1.807, 2.05) is 0 Å². The van der Waals surface area contributed by atoms with Crippen LogP contribution in [0, 0.1) is 0 Å². The van der Waals surface area contributed by atoms with Crippen LogP contribution in [0.15, 0.2) is 18.2 Å². The van der Waals surface area contributed by atoms with E-state index >= 15 is 0 Å². The molecule has 1 aromatic rings. The molecular weight excluding hydrogens is 258 g/mol. The van der Waals surface area contributed by atoms with Crippen LogP contribution in [-0.4, -0.2) is 34.2 Å². The topological polar surface area (TPSA) is 111 Å². The molecule has 0 bridgehead atoms. The summed E-state index contributed by atoms with van der Waals surface area (Å²) in [5, 5.41) is 2.54. The summed E-state index contributed by atoms with van der Waals surface area (Å²) >= 11 is 0. The maximum atomic E-state index is 11.1. The lowest BCUT2D eigenvalue weighted by Gasteiger charge is -2.11. The summed E-state index contributed by atoms with van der Waals surface area (Å²) in [4.78, 5) is 11.1. The molecule has 1 amide bonds. The molecule has 18 heavy (non-hydrogen) atoms. The molecule has 0 spiro atoms. The molecule has 1 aromatic carbocycles. The van der Waals surface area contributed by atoms with Gasteiger partial charge in [0.05, 0.1) is 25.6 Å². The summed E-state index contributed by atoms with van der Waals surface area (Å²) in [6, 6.07) is 4.54. The fourth-order valence-electron chi connectivity index (χ4n) is 1.27. The van der Waals surface area contributed by atoms with Crippen LogP contribution in [-0.2, 0) is 14.8 Å². The summed E-state index contributed by atoms with van der Waals surface area (Å²) in [5.74, 6) is -0.0453. The van der Waals surface area contributed by atoms with Gasteiger partial charge in [-0.3, -0.25) is 9.52 Å². The molecule has 100 valence electrons. The van der Waals surface area contributed by atoms with E-state index in [1.54, 1.807) is 6.07 Å². The molecular formula is C10H15N3O4S. The van der Waals surface area contributed by atoms with Gasteiger partial charge in [-0.25, -0.2) is 8.42 Å². The fourth-order valence-corrected chi connectivity index (χ4v) is 1.83. The third-order valence-electron chi connectivity index (χ3n) is 1.97. The Balaban J connectivity index is 3.00. The standard InChI is InChI=1S/C10H15N3O4S/c1-17-9-5-7(12-10(14)6-11)3-4-8(9)13-18(2,15)16/h3-5,13H,6,11H2,1-2H3,(H,12,14). The van der Waals surface area contributed by atoms with Gasteiger partial charge in [0.2, 0.25) is 15.9 Å². The van der Waals surface area contributed by atoms with Gasteiger partial charge >= 0.3 is 0 Å². The van der Waals surface area contributed by atoms with Gasteiger partial charge in [0.25, 0.3) is 0 Å². The monoisotopic (exact) mass is 273 g/mol. The van der Waals surface area contributed by atoms with E-state index in [9.17, 15) is 13.2 Å². The Hall–Kier alpha value is -1.80. The number of benzene rings is 1. The Morgan fingerprint density at radius 3 is 2.61 bits per heavy atom. The van der Waals surface area contributed by atoms with Crippen molar-refractivity contribution in [2.24, 2.45) is 5.73 Å². The molecule has 0 heterocycles. The van der Waals surface area contributed by atoms with Crippen LogP contribution in [0.2, 0.25) is 0 Å². The number of rotatable bonds is 5. The van der Waals surface area contributed by atoms with E-state index < -0.39 is 10.0 Å². The van der Waals surface area contributed by atoms with Crippen molar-refractivity contribution in [3.63, 3.8) is 0 Å². The van der Waals surface area contributed by atoms with Crippen molar-refractivity contribution in [1.29, 1.82) is 0 Å².